The van der Waals surface area contributed by atoms with Crippen molar-refractivity contribution >= 4 is 28.4 Å². The van der Waals surface area contributed by atoms with E-state index in [9.17, 15) is 46.0 Å². The summed E-state index contributed by atoms with van der Waals surface area (Å²) in [7, 11) is 0. The van der Waals surface area contributed by atoms with E-state index in [-0.39, 0.29) is 42.5 Å². The second kappa shape index (κ2) is 10.1. The van der Waals surface area contributed by atoms with Crippen molar-refractivity contribution in [1.29, 1.82) is 5.26 Å². The fourth-order valence-corrected chi connectivity index (χ4v) is 5.27. The first-order valence-corrected chi connectivity index (χ1v) is 12.5. The number of alkyl halides is 5. The predicted octanol–water partition coefficient (Wildman–Crippen LogP) is 4.05. The zero-order valence-electron chi connectivity index (χ0n) is 21.1. The number of benzene rings is 2. The Morgan fingerprint density at radius 1 is 1.12 bits per heavy atom. The number of hydrogen-bond acceptors (Lipinski definition) is 5. The molecule has 1 aromatic heterocycles. The third-order valence-corrected chi connectivity index (χ3v) is 7.14. The van der Waals surface area contributed by atoms with E-state index in [4.69, 9.17) is 0 Å². The number of anilines is 1. The molecule has 2 saturated heterocycles. The molecule has 2 aliphatic heterocycles. The Morgan fingerprint density at radius 2 is 1.88 bits per heavy atom. The third kappa shape index (κ3) is 5.44. The van der Waals surface area contributed by atoms with Crippen molar-refractivity contribution in [2.24, 2.45) is 0 Å². The maximum atomic E-state index is 14.2. The minimum atomic E-state index is -5.00. The predicted molar refractivity (Wildman–Crippen MR) is 134 cm³/mol. The van der Waals surface area contributed by atoms with Crippen molar-refractivity contribution in [2.75, 3.05) is 31.1 Å². The number of amides is 2. The standard InChI is InChI=1S/C27H21F6N5O3/c28-20-3-1-2-16-17(10-21(39)36-22(16)20)24(40)35-15-4-6-37(12-15)23-18(25(41)38-7-5-26(29,30)13-38)8-14(11-34)9-19(23)27(31,32)33/h1-3,8-10,15H,4-7,12-13H2,(H,35,40)(H,36,39)/t15-/m1/s1. The molecule has 0 bridgehead atoms. The first-order chi connectivity index (χ1) is 19.3. The summed E-state index contributed by atoms with van der Waals surface area (Å²) < 4.78 is 84.4. The van der Waals surface area contributed by atoms with Gasteiger partial charge < -0.3 is 20.1 Å². The molecule has 3 aromatic rings. The molecule has 2 aliphatic rings. The van der Waals surface area contributed by atoms with Crippen LogP contribution < -0.4 is 15.8 Å². The number of pyridine rings is 1. The Morgan fingerprint density at radius 3 is 2.54 bits per heavy atom. The molecule has 3 heterocycles. The van der Waals surface area contributed by atoms with Gasteiger partial charge >= 0.3 is 6.18 Å². The van der Waals surface area contributed by atoms with Crippen LogP contribution in [0.2, 0.25) is 0 Å². The number of H-pyrrole nitrogens is 1. The average molecular weight is 577 g/mol. The van der Waals surface area contributed by atoms with Gasteiger partial charge in [-0.1, -0.05) is 12.1 Å². The van der Waals surface area contributed by atoms with Crippen LogP contribution in [-0.2, 0) is 6.18 Å². The van der Waals surface area contributed by atoms with Crippen molar-refractivity contribution in [3.63, 3.8) is 0 Å². The first-order valence-electron chi connectivity index (χ1n) is 12.5. The van der Waals surface area contributed by atoms with Gasteiger partial charge in [-0.3, -0.25) is 14.4 Å². The number of nitrogens with one attached hydrogen (secondary N) is 2. The second-order valence-electron chi connectivity index (χ2n) is 9.98. The van der Waals surface area contributed by atoms with E-state index in [0.717, 1.165) is 23.1 Å². The summed E-state index contributed by atoms with van der Waals surface area (Å²) in [5.74, 6) is -5.77. The zero-order chi connectivity index (χ0) is 29.7. The molecule has 41 heavy (non-hydrogen) atoms. The highest BCUT2D eigenvalue weighted by atomic mass is 19.4. The Balaban J connectivity index is 1.47. The van der Waals surface area contributed by atoms with Crippen LogP contribution in [0, 0.1) is 17.1 Å². The molecular formula is C27H21F6N5O3. The fourth-order valence-electron chi connectivity index (χ4n) is 5.27. The molecule has 1 atom stereocenters. The Bertz CT molecular complexity index is 1660. The average Bonchev–Trinajstić information content (AvgIpc) is 3.52. The topological polar surface area (TPSA) is 109 Å². The lowest BCUT2D eigenvalue weighted by Gasteiger charge is -2.28. The number of carbonyl (C=O) groups excluding carboxylic acids is 2. The Kier molecular flexibility index (Phi) is 6.92. The smallest absolute Gasteiger partial charge is 0.368 e. The largest absolute Gasteiger partial charge is 0.418 e. The summed E-state index contributed by atoms with van der Waals surface area (Å²) in [6.07, 6.45) is -5.51. The van der Waals surface area contributed by atoms with E-state index in [2.05, 4.69) is 10.3 Å². The number of hydrogen-bond donors (Lipinski definition) is 2. The highest BCUT2D eigenvalue weighted by Gasteiger charge is 2.44. The molecule has 0 saturated carbocycles. The Labute approximate surface area is 228 Å². The molecule has 5 rings (SSSR count). The van der Waals surface area contributed by atoms with E-state index in [1.807, 2.05) is 0 Å². The summed E-state index contributed by atoms with van der Waals surface area (Å²) in [5.41, 5.74) is -3.91. The highest BCUT2D eigenvalue weighted by Crippen LogP contribution is 2.42. The summed E-state index contributed by atoms with van der Waals surface area (Å²) in [5, 5.41) is 12.1. The monoisotopic (exact) mass is 577 g/mol. The van der Waals surface area contributed by atoms with Gasteiger partial charge in [-0.25, -0.2) is 13.2 Å². The number of carbonyl (C=O) groups is 2. The number of nitrogens with zero attached hydrogens (tertiary/aromatic N) is 3. The number of rotatable bonds is 4. The quantitative estimate of drug-likeness (QED) is 0.455. The first kappa shape index (κ1) is 28.0. The fraction of sp³-hybridized carbons (Fsp3) is 0.333. The summed E-state index contributed by atoms with van der Waals surface area (Å²) in [4.78, 5) is 42.7. The molecule has 0 spiro atoms. The van der Waals surface area contributed by atoms with Crippen molar-refractivity contribution in [2.45, 2.75) is 31.0 Å². The van der Waals surface area contributed by atoms with E-state index < -0.39 is 76.7 Å². The molecule has 0 aliphatic carbocycles. The number of aromatic amines is 1. The number of fused-ring (bicyclic) bond motifs is 1. The summed E-state index contributed by atoms with van der Waals surface area (Å²) in [6, 6.07) is 7.24. The van der Waals surface area contributed by atoms with Crippen molar-refractivity contribution in [1.82, 2.24) is 15.2 Å². The van der Waals surface area contributed by atoms with Crippen LogP contribution in [-0.4, -0.2) is 59.8 Å². The molecule has 0 unspecified atom stereocenters. The number of halogens is 6. The molecule has 14 heteroatoms. The van der Waals surface area contributed by atoms with Crippen LogP contribution >= 0.6 is 0 Å². The normalized spacial score (nSPS) is 18.5. The minimum absolute atomic E-state index is 0.0544. The van der Waals surface area contributed by atoms with Crippen LogP contribution in [0.1, 0.15) is 44.7 Å². The maximum absolute atomic E-state index is 14.2. The van der Waals surface area contributed by atoms with Crippen molar-refractivity contribution in [3.05, 3.63) is 74.8 Å². The van der Waals surface area contributed by atoms with E-state index >= 15 is 0 Å². The van der Waals surface area contributed by atoms with Gasteiger partial charge in [0.25, 0.3) is 17.7 Å². The van der Waals surface area contributed by atoms with Crippen LogP contribution in [0.5, 0.6) is 0 Å². The number of aromatic nitrogens is 1. The lowest BCUT2D eigenvalue weighted by atomic mass is 10.00. The number of para-hydroxylation sites is 1. The van der Waals surface area contributed by atoms with Crippen LogP contribution in [0.15, 0.2) is 41.2 Å². The Hall–Kier alpha value is -4.54. The molecule has 0 radical (unpaired) electrons. The molecule has 2 N–H and O–H groups in total. The molecule has 2 aromatic carbocycles. The van der Waals surface area contributed by atoms with Gasteiger partial charge in [0.1, 0.15) is 5.82 Å². The SMILES string of the molecule is N#Cc1cc(C(=O)N2CCC(F)(F)C2)c(N2CC[C@@H](NC(=O)c3cc(=O)[nH]c4c(F)cccc34)C2)c(C(F)(F)F)c1. The van der Waals surface area contributed by atoms with E-state index in [0.29, 0.717) is 6.07 Å². The van der Waals surface area contributed by atoms with Crippen LogP contribution in [0.4, 0.5) is 32.0 Å². The maximum Gasteiger partial charge on any atom is 0.418 e. The molecule has 2 amide bonds. The van der Waals surface area contributed by atoms with Crippen molar-refractivity contribution in [3.8, 4) is 6.07 Å². The second-order valence-corrected chi connectivity index (χ2v) is 9.98. The minimum Gasteiger partial charge on any atom is -0.368 e. The third-order valence-electron chi connectivity index (χ3n) is 7.14. The highest BCUT2D eigenvalue weighted by molar-refractivity contribution is 6.06. The van der Waals surface area contributed by atoms with Gasteiger partial charge in [-0.05, 0) is 24.6 Å². The van der Waals surface area contributed by atoms with Gasteiger partial charge in [0, 0.05) is 43.5 Å². The van der Waals surface area contributed by atoms with Crippen molar-refractivity contribution < 1.29 is 35.9 Å². The van der Waals surface area contributed by atoms with Crippen LogP contribution in [0.3, 0.4) is 0 Å². The summed E-state index contributed by atoms with van der Waals surface area (Å²) in [6.45, 7) is -1.59. The van der Waals surface area contributed by atoms with E-state index in [1.165, 1.54) is 17.0 Å². The number of likely N-dealkylation sites (tertiary alicyclic amines) is 1. The van der Waals surface area contributed by atoms with Gasteiger partial charge in [0.2, 0.25) is 5.56 Å². The van der Waals surface area contributed by atoms with Crippen LogP contribution in [0.25, 0.3) is 10.9 Å². The van der Waals surface area contributed by atoms with Gasteiger partial charge in [0.05, 0.1) is 46.1 Å². The summed E-state index contributed by atoms with van der Waals surface area (Å²) >= 11 is 0. The van der Waals surface area contributed by atoms with Gasteiger partial charge in [0.15, 0.2) is 0 Å². The molecular weight excluding hydrogens is 556 g/mol. The van der Waals surface area contributed by atoms with Gasteiger partial charge in [-0.15, -0.1) is 0 Å². The zero-order valence-corrected chi connectivity index (χ0v) is 21.1. The lowest BCUT2D eigenvalue weighted by molar-refractivity contribution is -0.137. The lowest BCUT2D eigenvalue weighted by Crippen LogP contribution is -2.38. The van der Waals surface area contributed by atoms with E-state index in [1.54, 1.807) is 6.07 Å². The number of nitriles is 1. The molecule has 214 valence electrons. The molecule has 2 fully saturated rings. The molecule has 8 nitrogen and oxygen atoms in total. The van der Waals surface area contributed by atoms with Gasteiger partial charge in [-0.2, -0.15) is 18.4 Å².